The minimum atomic E-state index is -0.174. The van der Waals surface area contributed by atoms with Gasteiger partial charge in [0.1, 0.15) is 0 Å². The molecule has 66 valence electrons. The lowest BCUT2D eigenvalue weighted by Gasteiger charge is -2.18. The Morgan fingerprint density at radius 3 is 2.58 bits per heavy atom. The molecule has 0 radical (unpaired) electrons. The first-order valence-electron chi connectivity index (χ1n) is 4.44. The van der Waals surface area contributed by atoms with E-state index in [1.54, 1.807) is 0 Å². The van der Waals surface area contributed by atoms with Crippen LogP contribution in [0.4, 0.5) is 0 Å². The minimum absolute atomic E-state index is 0.174. The normalized spacial score (nSPS) is 29.1. The van der Waals surface area contributed by atoms with Crippen LogP contribution in [0.15, 0.2) is 24.5 Å². The smallest absolute Gasteiger partial charge is 0.0756 e. The standard InChI is InChI=1S/C9H14N2O/c12-9-5-3-4-8(9)10-11-6-1-2-7-11/h1-2,6-10,12H,3-5H2/t8-,9-/m0/s1. The molecule has 0 saturated heterocycles. The van der Waals surface area contributed by atoms with Gasteiger partial charge in [0.2, 0.25) is 0 Å². The summed E-state index contributed by atoms with van der Waals surface area (Å²) in [7, 11) is 0. The van der Waals surface area contributed by atoms with Crippen molar-refractivity contribution in [3.63, 3.8) is 0 Å². The lowest BCUT2D eigenvalue weighted by molar-refractivity contribution is 0.167. The SMILES string of the molecule is O[C@H]1CCC[C@@H]1Nn1cccc1. The molecule has 3 heteroatoms. The number of nitrogens with one attached hydrogen (secondary N) is 1. The van der Waals surface area contributed by atoms with Crippen LogP contribution < -0.4 is 5.43 Å². The lowest BCUT2D eigenvalue weighted by Crippen LogP contribution is -2.33. The van der Waals surface area contributed by atoms with Crippen LogP contribution >= 0.6 is 0 Å². The van der Waals surface area contributed by atoms with Gasteiger partial charge >= 0.3 is 0 Å². The monoisotopic (exact) mass is 166 g/mol. The predicted octanol–water partition coefficient (Wildman–Crippen LogP) is 0.945. The molecule has 1 saturated carbocycles. The molecule has 1 aliphatic carbocycles. The van der Waals surface area contributed by atoms with Crippen LogP contribution in [-0.4, -0.2) is 21.9 Å². The highest BCUT2D eigenvalue weighted by molar-refractivity contribution is 4.98. The topological polar surface area (TPSA) is 37.2 Å². The Kier molecular flexibility index (Phi) is 2.04. The van der Waals surface area contributed by atoms with Gasteiger partial charge in [0.25, 0.3) is 0 Å². The third-order valence-corrected chi connectivity index (χ3v) is 2.40. The Morgan fingerprint density at radius 2 is 2.00 bits per heavy atom. The van der Waals surface area contributed by atoms with E-state index in [1.807, 2.05) is 29.2 Å². The van der Waals surface area contributed by atoms with Crippen molar-refractivity contribution in [2.75, 3.05) is 5.43 Å². The zero-order valence-electron chi connectivity index (χ0n) is 6.98. The Labute approximate surface area is 72.0 Å². The van der Waals surface area contributed by atoms with Crippen molar-refractivity contribution in [2.45, 2.75) is 31.4 Å². The fraction of sp³-hybridized carbons (Fsp3) is 0.556. The zero-order valence-corrected chi connectivity index (χ0v) is 6.98. The Morgan fingerprint density at radius 1 is 1.25 bits per heavy atom. The quantitative estimate of drug-likeness (QED) is 0.686. The van der Waals surface area contributed by atoms with Crippen LogP contribution in [0.25, 0.3) is 0 Å². The number of aliphatic hydroxyl groups is 1. The number of rotatable bonds is 2. The van der Waals surface area contributed by atoms with Crippen LogP contribution in [0.1, 0.15) is 19.3 Å². The number of hydrogen-bond acceptors (Lipinski definition) is 2. The van der Waals surface area contributed by atoms with Crippen molar-refractivity contribution in [3.8, 4) is 0 Å². The third kappa shape index (κ3) is 1.46. The maximum absolute atomic E-state index is 9.51. The van der Waals surface area contributed by atoms with E-state index >= 15 is 0 Å². The molecule has 1 aliphatic rings. The molecule has 1 aromatic heterocycles. The maximum Gasteiger partial charge on any atom is 0.0756 e. The molecule has 3 nitrogen and oxygen atoms in total. The van der Waals surface area contributed by atoms with Crippen LogP contribution in [0.5, 0.6) is 0 Å². The molecule has 12 heavy (non-hydrogen) atoms. The number of aromatic nitrogens is 1. The van der Waals surface area contributed by atoms with Crippen molar-refractivity contribution < 1.29 is 5.11 Å². The minimum Gasteiger partial charge on any atom is -0.391 e. The van der Waals surface area contributed by atoms with Gasteiger partial charge in [-0.25, -0.2) is 0 Å². The first-order valence-corrected chi connectivity index (χ1v) is 4.44. The summed E-state index contributed by atoms with van der Waals surface area (Å²) in [5.41, 5.74) is 3.24. The number of nitrogens with zero attached hydrogens (tertiary/aromatic N) is 1. The fourth-order valence-corrected chi connectivity index (χ4v) is 1.70. The summed E-state index contributed by atoms with van der Waals surface area (Å²) in [6, 6.07) is 4.17. The van der Waals surface area contributed by atoms with Gasteiger partial charge in [-0.1, -0.05) is 0 Å². The van der Waals surface area contributed by atoms with E-state index in [-0.39, 0.29) is 12.1 Å². The van der Waals surface area contributed by atoms with Gasteiger partial charge in [0.05, 0.1) is 12.1 Å². The van der Waals surface area contributed by atoms with Crippen molar-refractivity contribution in [1.29, 1.82) is 0 Å². The summed E-state index contributed by atoms with van der Waals surface area (Å²) >= 11 is 0. The van der Waals surface area contributed by atoms with Crippen LogP contribution in [-0.2, 0) is 0 Å². The summed E-state index contributed by atoms with van der Waals surface area (Å²) in [5, 5.41) is 9.51. The first kappa shape index (κ1) is 7.68. The third-order valence-electron chi connectivity index (χ3n) is 2.40. The van der Waals surface area contributed by atoms with Gasteiger partial charge in [-0.15, -0.1) is 0 Å². The van der Waals surface area contributed by atoms with E-state index in [1.165, 1.54) is 0 Å². The molecule has 1 heterocycles. The van der Waals surface area contributed by atoms with Crippen LogP contribution in [0.3, 0.4) is 0 Å². The molecule has 2 N–H and O–H groups in total. The second kappa shape index (κ2) is 3.19. The van der Waals surface area contributed by atoms with Crippen molar-refractivity contribution in [3.05, 3.63) is 24.5 Å². The van der Waals surface area contributed by atoms with Crippen LogP contribution in [0.2, 0.25) is 0 Å². The Balaban J connectivity index is 1.95. The molecule has 0 amide bonds. The lowest BCUT2D eigenvalue weighted by atomic mass is 10.2. The fourth-order valence-electron chi connectivity index (χ4n) is 1.70. The van der Waals surface area contributed by atoms with Gasteiger partial charge in [-0.3, -0.25) is 4.68 Å². The summed E-state index contributed by atoms with van der Waals surface area (Å²) in [4.78, 5) is 0. The summed E-state index contributed by atoms with van der Waals surface area (Å²) < 4.78 is 1.90. The molecule has 0 unspecified atom stereocenters. The average molecular weight is 166 g/mol. The molecule has 0 aliphatic heterocycles. The molecular weight excluding hydrogens is 152 g/mol. The predicted molar refractivity (Wildman–Crippen MR) is 47.4 cm³/mol. The second-order valence-electron chi connectivity index (χ2n) is 3.32. The van der Waals surface area contributed by atoms with Gasteiger partial charge in [-0.05, 0) is 31.4 Å². The molecule has 1 fully saturated rings. The van der Waals surface area contributed by atoms with E-state index in [0.29, 0.717) is 0 Å². The Bertz CT molecular complexity index is 233. The number of aliphatic hydroxyl groups excluding tert-OH is 1. The molecule has 0 aromatic carbocycles. The Hall–Kier alpha value is -0.960. The van der Waals surface area contributed by atoms with Gasteiger partial charge in [-0.2, -0.15) is 0 Å². The van der Waals surface area contributed by atoms with Gasteiger partial charge in [0, 0.05) is 12.4 Å². The highest BCUT2D eigenvalue weighted by Crippen LogP contribution is 2.19. The second-order valence-corrected chi connectivity index (χ2v) is 3.32. The molecule has 2 rings (SSSR count). The zero-order chi connectivity index (χ0) is 8.39. The van der Waals surface area contributed by atoms with E-state index in [2.05, 4.69) is 5.43 Å². The molecule has 0 bridgehead atoms. The largest absolute Gasteiger partial charge is 0.391 e. The number of hydrogen-bond donors (Lipinski definition) is 2. The summed E-state index contributed by atoms with van der Waals surface area (Å²) in [6.45, 7) is 0. The highest BCUT2D eigenvalue weighted by atomic mass is 16.3. The van der Waals surface area contributed by atoms with E-state index < -0.39 is 0 Å². The van der Waals surface area contributed by atoms with Crippen molar-refractivity contribution in [1.82, 2.24) is 4.68 Å². The van der Waals surface area contributed by atoms with E-state index in [4.69, 9.17) is 0 Å². The van der Waals surface area contributed by atoms with Crippen molar-refractivity contribution >= 4 is 0 Å². The van der Waals surface area contributed by atoms with Gasteiger partial charge in [0.15, 0.2) is 0 Å². The molecular formula is C9H14N2O. The first-order chi connectivity index (χ1) is 5.86. The summed E-state index contributed by atoms with van der Waals surface area (Å²) in [6.07, 6.45) is 6.85. The van der Waals surface area contributed by atoms with Crippen LogP contribution in [0, 0.1) is 0 Å². The van der Waals surface area contributed by atoms with E-state index in [9.17, 15) is 5.11 Å². The maximum atomic E-state index is 9.51. The molecule has 2 atom stereocenters. The molecule has 0 spiro atoms. The average Bonchev–Trinajstić information content (AvgIpc) is 2.65. The van der Waals surface area contributed by atoms with Gasteiger partial charge < -0.3 is 10.5 Å². The highest BCUT2D eigenvalue weighted by Gasteiger charge is 2.24. The van der Waals surface area contributed by atoms with Crippen molar-refractivity contribution in [2.24, 2.45) is 0 Å². The molecule has 1 aromatic rings. The summed E-state index contributed by atoms with van der Waals surface area (Å²) in [5.74, 6) is 0. The van der Waals surface area contributed by atoms with E-state index in [0.717, 1.165) is 19.3 Å².